The molecule has 0 radical (unpaired) electrons. The van der Waals surface area contributed by atoms with Gasteiger partial charge in [-0.05, 0) is 70.6 Å². The highest BCUT2D eigenvalue weighted by atomic mass is 31.2. The molecule has 0 saturated heterocycles. The van der Waals surface area contributed by atoms with Gasteiger partial charge in [-0.3, -0.25) is 9.36 Å². The number of phosphoric ester groups is 1. The highest BCUT2D eigenvalue weighted by molar-refractivity contribution is 7.45. The lowest BCUT2D eigenvalue weighted by atomic mass is 10.0. The maximum atomic E-state index is 12.8. The molecule has 3 atom stereocenters. The van der Waals surface area contributed by atoms with Gasteiger partial charge in [0.25, 0.3) is 7.82 Å². The summed E-state index contributed by atoms with van der Waals surface area (Å²) in [6, 6.07) is -0.905. The number of aliphatic hydroxyl groups excluding tert-OH is 1. The second kappa shape index (κ2) is 41.1. The van der Waals surface area contributed by atoms with Crippen molar-refractivity contribution in [3.63, 3.8) is 0 Å². The molecule has 0 saturated carbocycles. The van der Waals surface area contributed by atoms with Gasteiger partial charge in [-0.25, -0.2) is 0 Å². The Hall–Kier alpha value is -2.32. The lowest BCUT2D eigenvalue weighted by Gasteiger charge is -2.29. The molecule has 2 N–H and O–H groups in total. The van der Waals surface area contributed by atoms with Gasteiger partial charge in [0.1, 0.15) is 13.2 Å². The van der Waals surface area contributed by atoms with Gasteiger partial charge in [0.2, 0.25) is 5.91 Å². The number of carbonyl (C=O) groups excluding carboxylic acids is 1. The summed E-state index contributed by atoms with van der Waals surface area (Å²) in [6.45, 7) is 4.41. The van der Waals surface area contributed by atoms with E-state index in [0.717, 1.165) is 77.0 Å². The van der Waals surface area contributed by atoms with Crippen LogP contribution in [0, 0.1) is 0 Å². The molecule has 0 aromatic carbocycles. The van der Waals surface area contributed by atoms with E-state index in [4.69, 9.17) is 9.05 Å². The van der Waals surface area contributed by atoms with Crippen molar-refractivity contribution in [2.45, 2.75) is 187 Å². The molecule has 8 nitrogen and oxygen atoms in total. The second-order valence-electron chi connectivity index (χ2n) is 16.7. The number of hydrogen-bond donors (Lipinski definition) is 2. The number of unbranched alkanes of at least 4 members (excludes halogenated alkanes) is 16. The van der Waals surface area contributed by atoms with Crippen LogP contribution < -0.4 is 10.2 Å². The van der Waals surface area contributed by atoms with Crippen LogP contribution in [0.1, 0.15) is 174 Å². The third-order valence-electron chi connectivity index (χ3n) is 9.84. The van der Waals surface area contributed by atoms with Crippen molar-refractivity contribution >= 4 is 13.7 Å². The number of aliphatic hydroxyl groups is 1. The van der Waals surface area contributed by atoms with Crippen LogP contribution in [0.2, 0.25) is 0 Å². The highest BCUT2D eigenvalue weighted by Gasteiger charge is 2.23. The Balaban J connectivity index is 4.10. The molecule has 0 rings (SSSR count). The van der Waals surface area contributed by atoms with Crippen LogP contribution in [-0.4, -0.2) is 68.5 Å². The molecule has 340 valence electrons. The molecular formula is C50H89N2O6P. The van der Waals surface area contributed by atoms with E-state index in [9.17, 15) is 19.4 Å². The largest absolute Gasteiger partial charge is 0.756 e. The van der Waals surface area contributed by atoms with Crippen molar-refractivity contribution in [1.29, 1.82) is 0 Å². The van der Waals surface area contributed by atoms with Gasteiger partial charge < -0.3 is 28.8 Å². The Morgan fingerprint density at radius 1 is 0.610 bits per heavy atom. The number of likely N-dealkylation sites (N-methyl/N-ethyl adjacent to an activating group) is 1. The molecule has 0 aromatic rings. The van der Waals surface area contributed by atoms with Gasteiger partial charge in [0.05, 0.1) is 39.9 Å². The predicted octanol–water partition coefficient (Wildman–Crippen LogP) is 12.7. The quantitative estimate of drug-likeness (QED) is 0.0275. The van der Waals surface area contributed by atoms with Crippen molar-refractivity contribution in [3.8, 4) is 0 Å². The van der Waals surface area contributed by atoms with E-state index in [1.54, 1.807) is 6.08 Å². The van der Waals surface area contributed by atoms with Gasteiger partial charge in [0, 0.05) is 6.42 Å². The summed E-state index contributed by atoms with van der Waals surface area (Å²) in [5, 5.41) is 13.7. The number of allylic oxidation sites excluding steroid dienone is 13. The van der Waals surface area contributed by atoms with E-state index in [-0.39, 0.29) is 12.5 Å². The van der Waals surface area contributed by atoms with E-state index in [1.165, 1.54) is 77.0 Å². The molecule has 1 amide bonds. The normalized spacial score (nSPS) is 15.0. The lowest BCUT2D eigenvalue weighted by molar-refractivity contribution is -0.870. The van der Waals surface area contributed by atoms with Crippen molar-refractivity contribution in [2.24, 2.45) is 0 Å². The van der Waals surface area contributed by atoms with Gasteiger partial charge in [-0.2, -0.15) is 0 Å². The first-order valence-corrected chi connectivity index (χ1v) is 24.9. The number of phosphoric acid groups is 1. The molecule has 0 aromatic heterocycles. The Morgan fingerprint density at radius 3 is 1.58 bits per heavy atom. The van der Waals surface area contributed by atoms with E-state index in [1.807, 2.05) is 27.2 Å². The molecule has 0 aliphatic carbocycles. The Bertz CT molecular complexity index is 1230. The fraction of sp³-hybridized carbons (Fsp3) is 0.700. The molecule has 0 aliphatic rings. The molecule has 59 heavy (non-hydrogen) atoms. The van der Waals surface area contributed by atoms with E-state index >= 15 is 0 Å². The average Bonchev–Trinajstić information content (AvgIpc) is 3.19. The molecular weight excluding hydrogens is 756 g/mol. The van der Waals surface area contributed by atoms with Gasteiger partial charge in [0.15, 0.2) is 0 Å². The SMILES string of the molecule is CC/C=C\C/C=C\C/C=C\C/C=C\C/C=C\CCCCCCCCCCCCCCCC(=O)NC(COP(=O)([O-])OCC[N+](C)(C)C)C(O)/C=C/CC/C=C/CCCC. The number of nitrogens with one attached hydrogen (secondary N) is 1. The summed E-state index contributed by atoms with van der Waals surface area (Å²) >= 11 is 0. The van der Waals surface area contributed by atoms with Crippen molar-refractivity contribution in [1.82, 2.24) is 5.32 Å². The standard InChI is InChI=1S/C50H89N2O6P/c1-6-8-10-12-14-16-17-18-19-20-21-22-23-24-25-26-27-28-29-30-31-32-33-34-35-36-38-40-42-44-50(54)51-48(47-58-59(55,56)57-46-45-52(3,4)5)49(53)43-41-39-37-15-13-11-9-7-2/h8,10,13-16,18-19,21-22,24-25,41,43,48-49,53H,6-7,9,11-12,17,20,23,26-40,42,44-47H2,1-5H3,(H-,51,54,55,56)/b10-8-,15-13+,16-14-,19-18-,22-21-,25-24-,43-41+. The Morgan fingerprint density at radius 2 is 1.05 bits per heavy atom. The molecule has 3 unspecified atom stereocenters. The molecule has 0 aliphatic heterocycles. The van der Waals surface area contributed by atoms with E-state index < -0.39 is 26.6 Å². The summed E-state index contributed by atoms with van der Waals surface area (Å²) in [6.07, 6.45) is 56.7. The van der Waals surface area contributed by atoms with Crippen LogP contribution in [0.15, 0.2) is 85.1 Å². The molecule has 0 fully saturated rings. The molecule has 0 heterocycles. The summed E-state index contributed by atoms with van der Waals surface area (Å²) < 4.78 is 23.1. The van der Waals surface area contributed by atoms with Gasteiger partial charge in [-0.15, -0.1) is 0 Å². The van der Waals surface area contributed by atoms with Crippen LogP contribution in [0.4, 0.5) is 0 Å². The monoisotopic (exact) mass is 845 g/mol. The number of amides is 1. The first kappa shape index (κ1) is 56.7. The fourth-order valence-corrected chi connectivity index (χ4v) is 6.84. The van der Waals surface area contributed by atoms with Crippen LogP contribution in [0.3, 0.4) is 0 Å². The van der Waals surface area contributed by atoms with E-state index in [0.29, 0.717) is 17.4 Å². The number of quaternary nitrogens is 1. The zero-order valence-corrected chi connectivity index (χ0v) is 39.3. The first-order valence-electron chi connectivity index (χ1n) is 23.4. The smallest absolute Gasteiger partial charge is 0.268 e. The Kier molecular flexibility index (Phi) is 39.4. The van der Waals surface area contributed by atoms with E-state index in [2.05, 4.69) is 92.1 Å². The minimum atomic E-state index is -4.59. The zero-order valence-electron chi connectivity index (χ0n) is 38.4. The number of carbonyl (C=O) groups is 1. The topological polar surface area (TPSA) is 108 Å². The van der Waals surface area contributed by atoms with Crippen LogP contribution in [0.5, 0.6) is 0 Å². The molecule has 0 bridgehead atoms. The van der Waals surface area contributed by atoms with Crippen molar-refractivity contribution in [3.05, 3.63) is 85.1 Å². The fourth-order valence-electron chi connectivity index (χ4n) is 6.12. The van der Waals surface area contributed by atoms with Crippen LogP contribution in [-0.2, 0) is 18.4 Å². The maximum absolute atomic E-state index is 12.8. The highest BCUT2D eigenvalue weighted by Crippen LogP contribution is 2.38. The number of rotatable bonds is 41. The van der Waals surface area contributed by atoms with Crippen LogP contribution in [0.25, 0.3) is 0 Å². The minimum Gasteiger partial charge on any atom is -0.756 e. The first-order chi connectivity index (χ1) is 28.5. The van der Waals surface area contributed by atoms with Gasteiger partial charge in [-0.1, -0.05) is 182 Å². The lowest BCUT2D eigenvalue weighted by Crippen LogP contribution is -2.45. The second-order valence-corrected chi connectivity index (χ2v) is 18.1. The molecule has 0 spiro atoms. The summed E-state index contributed by atoms with van der Waals surface area (Å²) in [4.78, 5) is 25.2. The minimum absolute atomic E-state index is 0.0105. The summed E-state index contributed by atoms with van der Waals surface area (Å²) in [5.41, 5.74) is 0. The third-order valence-corrected chi connectivity index (χ3v) is 10.8. The third kappa shape index (κ3) is 43.6. The average molecular weight is 845 g/mol. The van der Waals surface area contributed by atoms with Crippen molar-refractivity contribution in [2.75, 3.05) is 40.9 Å². The number of hydrogen-bond acceptors (Lipinski definition) is 6. The summed E-state index contributed by atoms with van der Waals surface area (Å²) in [5.74, 6) is -0.217. The summed E-state index contributed by atoms with van der Waals surface area (Å²) in [7, 11) is 1.23. The molecule has 9 heteroatoms. The van der Waals surface area contributed by atoms with Crippen molar-refractivity contribution < 1.29 is 32.9 Å². The van der Waals surface area contributed by atoms with Crippen LogP contribution >= 0.6 is 7.82 Å². The number of nitrogens with zero attached hydrogens (tertiary/aromatic N) is 1. The zero-order chi connectivity index (χ0) is 43.6. The maximum Gasteiger partial charge on any atom is 0.268 e. The predicted molar refractivity (Wildman–Crippen MR) is 251 cm³/mol. The Labute approximate surface area is 363 Å². The van der Waals surface area contributed by atoms with Gasteiger partial charge >= 0.3 is 0 Å².